The van der Waals surface area contributed by atoms with Gasteiger partial charge in [-0.3, -0.25) is 14.4 Å². The van der Waals surface area contributed by atoms with Crippen molar-refractivity contribution in [3.05, 3.63) is 0 Å². The third kappa shape index (κ3) is 4.00. The fourth-order valence-corrected chi connectivity index (χ4v) is 1.63. The lowest BCUT2D eigenvalue weighted by atomic mass is 10.1. The molecule has 0 unspecified atom stereocenters. The van der Waals surface area contributed by atoms with Crippen LogP contribution in [0.5, 0.6) is 0 Å². The molecule has 1 saturated heterocycles. The second-order valence-electron chi connectivity index (χ2n) is 4.02. The van der Waals surface area contributed by atoms with Crippen molar-refractivity contribution < 1.29 is 19.5 Å². The standard InChI is InChI=1S/C9H16N4O4/c10-4-1-6(12-3-4)9(17)13-5(8(11)16)2-7(14)15/h4-6,12H,1-3,10H2,(H2,11,16)(H,13,17)(H,14,15)/t4-,5-,6-/m0/s1. The van der Waals surface area contributed by atoms with Gasteiger partial charge < -0.3 is 27.2 Å². The van der Waals surface area contributed by atoms with Crippen molar-refractivity contribution in [1.82, 2.24) is 10.6 Å². The number of rotatable bonds is 5. The maximum atomic E-state index is 11.7. The predicted octanol–water partition coefficient (Wildman–Crippen LogP) is -2.88. The molecule has 0 aromatic carbocycles. The van der Waals surface area contributed by atoms with Gasteiger partial charge >= 0.3 is 5.97 Å². The average molecular weight is 244 g/mol. The van der Waals surface area contributed by atoms with Crippen molar-refractivity contribution in [3.63, 3.8) is 0 Å². The summed E-state index contributed by atoms with van der Waals surface area (Å²) in [4.78, 5) is 33.1. The first-order chi connectivity index (χ1) is 7.90. The minimum atomic E-state index is -1.20. The second-order valence-corrected chi connectivity index (χ2v) is 4.02. The molecule has 1 fully saturated rings. The summed E-state index contributed by atoms with van der Waals surface area (Å²) >= 11 is 0. The summed E-state index contributed by atoms with van der Waals surface area (Å²) < 4.78 is 0. The third-order valence-corrected chi connectivity index (χ3v) is 2.52. The molecule has 8 heteroatoms. The lowest BCUT2D eigenvalue weighted by molar-refractivity contribution is -0.140. The minimum Gasteiger partial charge on any atom is -0.481 e. The average Bonchev–Trinajstić information content (AvgIpc) is 2.63. The first kappa shape index (κ1) is 13.4. The van der Waals surface area contributed by atoms with Crippen LogP contribution in [0.2, 0.25) is 0 Å². The Morgan fingerprint density at radius 3 is 2.53 bits per heavy atom. The number of carboxylic acid groups (broad SMARTS) is 1. The highest BCUT2D eigenvalue weighted by atomic mass is 16.4. The van der Waals surface area contributed by atoms with E-state index in [0.29, 0.717) is 13.0 Å². The van der Waals surface area contributed by atoms with E-state index in [0.717, 1.165) is 0 Å². The van der Waals surface area contributed by atoms with Gasteiger partial charge in [-0.25, -0.2) is 0 Å². The molecular formula is C9H16N4O4. The Bertz CT molecular complexity index is 333. The highest BCUT2D eigenvalue weighted by Crippen LogP contribution is 2.05. The summed E-state index contributed by atoms with van der Waals surface area (Å²) in [6.45, 7) is 0.512. The Kier molecular flexibility index (Phi) is 4.41. The molecule has 0 aromatic rings. The van der Waals surface area contributed by atoms with Gasteiger partial charge in [-0.05, 0) is 6.42 Å². The Labute approximate surface area is 97.7 Å². The summed E-state index contributed by atoms with van der Waals surface area (Å²) in [6, 6.07) is -1.81. The van der Waals surface area contributed by atoms with E-state index in [1.54, 1.807) is 0 Å². The molecule has 2 amide bonds. The fourth-order valence-electron chi connectivity index (χ4n) is 1.63. The summed E-state index contributed by atoms with van der Waals surface area (Å²) in [5, 5.41) is 13.7. The highest BCUT2D eigenvalue weighted by Gasteiger charge is 2.30. The van der Waals surface area contributed by atoms with E-state index >= 15 is 0 Å². The summed E-state index contributed by atoms with van der Waals surface area (Å²) in [6.07, 6.45) is -0.0791. The van der Waals surface area contributed by atoms with E-state index in [1.165, 1.54) is 0 Å². The Balaban J connectivity index is 2.52. The Morgan fingerprint density at radius 1 is 1.47 bits per heavy atom. The van der Waals surface area contributed by atoms with Gasteiger partial charge in [-0.2, -0.15) is 0 Å². The lowest BCUT2D eigenvalue weighted by Crippen LogP contribution is -2.51. The Hall–Kier alpha value is -1.67. The van der Waals surface area contributed by atoms with Crippen LogP contribution in [0.3, 0.4) is 0 Å². The molecular weight excluding hydrogens is 228 g/mol. The molecule has 0 radical (unpaired) electrons. The molecule has 0 aliphatic carbocycles. The molecule has 0 saturated carbocycles. The predicted molar refractivity (Wildman–Crippen MR) is 57.8 cm³/mol. The molecule has 0 spiro atoms. The SMILES string of the molecule is NC(=O)[C@H](CC(=O)O)NC(=O)[C@@H]1C[C@H](N)CN1. The monoisotopic (exact) mass is 244 g/mol. The van der Waals surface area contributed by atoms with Crippen LogP contribution >= 0.6 is 0 Å². The van der Waals surface area contributed by atoms with E-state index < -0.39 is 36.3 Å². The van der Waals surface area contributed by atoms with Crippen molar-refractivity contribution in [1.29, 1.82) is 0 Å². The first-order valence-electron chi connectivity index (χ1n) is 5.20. The maximum absolute atomic E-state index is 11.7. The van der Waals surface area contributed by atoms with Gasteiger partial charge in [-0.15, -0.1) is 0 Å². The van der Waals surface area contributed by atoms with Gasteiger partial charge in [0.2, 0.25) is 11.8 Å². The summed E-state index contributed by atoms with van der Waals surface area (Å²) in [5.41, 5.74) is 10.6. The normalized spacial score (nSPS) is 25.2. The van der Waals surface area contributed by atoms with Gasteiger partial charge in [-0.1, -0.05) is 0 Å². The zero-order valence-electron chi connectivity index (χ0n) is 9.18. The van der Waals surface area contributed by atoms with Crippen molar-refractivity contribution in [2.24, 2.45) is 11.5 Å². The summed E-state index contributed by atoms with van der Waals surface area (Å²) in [5.74, 6) is -2.53. The number of nitrogens with two attached hydrogens (primary N) is 2. The second kappa shape index (κ2) is 5.60. The van der Waals surface area contributed by atoms with Crippen LogP contribution in [0.15, 0.2) is 0 Å². The van der Waals surface area contributed by atoms with Crippen molar-refractivity contribution in [2.45, 2.75) is 31.0 Å². The van der Waals surface area contributed by atoms with Crippen molar-refractivity contribution in [3.8, 4) is 0 Å². The molecule has 0 bridgehead atoms. The molecule has 1 rings (SSSR count). The van der Waals surface area contributed by atoms with E-state index in [1.807, 2.05) is 0 Å². The number of carboxylic acids is 1. The smallest absolute Gasteiger partial charge is 0.305 e. The van der Waals surface area contributed by atoms with Crippen LogP contribution in [0.1, 0.15) is 12.8 Å². The molecule has 1 aliphatic heterocycles. The first-order valence-corrected chi connectivity index (χ1v) is 5.20. The molecule has 1 heterocycles. The van der Waals surface area contributed by atoms with Crippen LogP contribution in [-0.4, -0.2) is 47.6 Å². The number of nitrogens with one attached hydrogen (secondary N) is 2. The maximum Gasteiger partial charge on any atom is 0.305 e. The van der Waals surface area contributed by atoms with E-state index in [9.17, 15) is 14.4 Å². The van der Waals surface area contributed by atoms with Crippen molar-refractivity contribution >= 4 is 17.8 Å². The zero-order chi connectivity index (χ0) is 13.0. The van der Waals surface area contributed by atoms with Crippen LogP contribution in [0.4, 0.5) is 0 Å². The van der Waals surface area contributed by atoms with Crippen LogP contribution in [-0.2, 0) is 14.4 Å². The summed E-state index contributed by atoms with van der Waals surface area (Å²) in [7, 11) is 0. The largest absolute Gasteiger partial charge is 0.481 e. The third-order valence-electron chi connectivity index (χ3n) is 2.52. The van der Waals surface area contributed by atoms with Crippen LogP contribution < -0.4 is 22.1 Å². The van der Waals surface area contributed by atoms with Gasteiger partial charge in [0.15, 0.2) is 0 Å². The number of hydrogen-bond acceptors (Lipinski definition) is 5. The van der Waals surface area contributed by atoms with Gasteiger partial charge in [0.05, 0.1) is 12.5 Å². The lowest BCUT2D eigenvalue weighted by Gasteiger charge is -2.16. The number of carbonyl (C=O) groups excluding carboxylic acids is 2. The number of hydrogen-bond donors (Lipinski definition) is 5. The molecule has 7 N–H and O–H groups in total. The molecule has 1 aliphatic rings. The Morgan fingerprint density at radius 2 is 2.12 bits per heavy atom. The molecule has 8 nitrogen and oxygen atoms in total. The van der Waals surface area contributed by atoms with Gasteiger partial charge in [0.1, 0.15) is 6.04 Å². The molecule has 17 heavy (non-hydrogen) atoms. The topological polar surface area (TPSA) is 148 Å². The zero-order valence-corrected chi connectivity index (χ0v) is 9.18. The van der Waals surface area contributed by atoms with Gasteiger partial charge in [0.25, 0.3) is 0 Å². The molecule has 3 atom stereocenters. The van der Waals surface area contributed by atoms with Crippen molar-refractivity contribution in [2.75, 3.05) is 6.54 Å². The minimum absolute atomic E-state index is 0.114. The number of primary amides is 1. The molecule has 96 valence electrons. The number of amides is 2. The van der Waals surface area contributed by atoms with E-state index in [2.05, 4.69) is 10.6 Å². The van der Waals surface area contributed by atoms with Gasteiger partial charge in [0, 0.05) is 12.6 Å². The number of aliphatic carboxylic acids is 1. The number of carbonyl (C=O) groups is 3. The van der Waals surface area contributed by atoms with Crippen LogP contribution in [0.25, 0.3) is 0 Å². The van der Waals surface area contributed by atoms with E-state index in [-0.39, 0.29) is 6.04 Å². The highest BCUT2D eigenvalue weighted by molar-refractivity contribution is 5.91. The molecule has 0 aromatic heterocycles. The van der Waals surface area contributed by atoms with E-state index in [4.69, 9.17) is 16.6 Å². The fraction of sp³-hybridized carbons (Fsp3) is 0.667. The quantitative estimate of drug-likeness (QED) is 0.351. The van der Waals surface area contributed by atoms with Crippen LogP contribution in [0, 0.1) is 0 Å².